The first-order valence-corrected chi connectivity index (χ1v) is 7.38. The van der Waals surface area contributed by atoms with Crippen LogP contribution in [-0.2, 0) is 4.74 Å². The van der Waals surface area contributed by atoms with E-state index in [0.29, 0.717) is 25.5 Å². The van der Waals surface area contributed by atoms with Crippen molar-refractivity contribution in [3.05, 3.63) is 27.4 Å². The molecule has 0 bridgehead atoms. The van der Waals surface area contributed by atoms with E-state index < -0.39 is 4.92 Å². The molecule has 1 saturated heterocycles. The lowest BCUT2D eigenvalue weighted by atomic mass is 10.1. The van der Waals surface area contributed by atoms with Crippen molar-refractivity contribution < 1.29 is 14.5 Å². The molecule has 0 saturated carbocycles. The van der Waals surface area contributed by atoms with Crippen molar-refractivity contribution in [2.45, 2.75) is 25.8 Å². The number of anilines is 1. The van der Waals surface area contributed by atoms with Crippen molar-refractivity contribution in [2.75, 3.05) is 25.0 Å². The molecule has 1 N–H and O–H groups in total. The Balaban J connectivity index is 1.90. The second-order valence-electron chi connectivity index (χ2n) is 4.87. The van der Waals surface area contributed by atoms with Gasteiger partial charge in [-0.25, -0.2) is 9.78 Å². The van der Waals surface area contributed by atoms with Crippen molar-refractivity contribution in [2.24, 2.45) is 0 Å². The minimum atomic E-state index is -0.572. The van der Waals surface area contributed by atoms with Gasteiger partial charge in [0.2, 0.25) is 5.15 Å². The summed E-state index contributed by atoms with van der Waals surface area (Å²) in [6, 6.07) is 2.99. The van der Waals surface area contributed by atoms with Crippen molar-refractivity contribution in [3.63, 3.8) is 0 Å². The number of piperidine rings is 1. The molecule has 9 heteroatoms. The van der Waals surface area contributed by atoms with Crippen LogP contribution >= 0.6 is 11.6 Å². The third-order valence-electron chi connectivity index (χ3n) is 3.40. The molecule has 0 aromatic carbocycles. The van der Waals surface area contributed by atoms with Gasteiger partial charge >= 0.3 is 11.8 Å². The van der Waals surface area contributed by atoms with Gasteiger partial charge in [-0.1, -0.05) is 11.6 Å². The van der Waals surface area contributed by atoms with Crippen molar-refractivity contribution >= 4 is 29.2 Å². The van der Waals surface area contributed by atoms with E-state index in [-0.39, 0.29) is 23.0 Å². The standard InChI is InChI=1S/C13H17ClN4O4/c1-2-22-13(19)17-7-5-9(6-8-17)15-11-4-3-10(18(20)21)12(14)16-11/h3-4,9H,2,5-8H2,1H3,(H,15,16). The monoisotopic (exact) mass is 328 g/mol. The average Bonchev–Trinajstić information content (AvgIpc) is 2.48. The molecule has 1 aromatic heterocycles. The fourth-order valence-corrected chi connectivity index (χ4v) is 2.50. The molecular weight excluding hydrogens is 312 g/mol. The Kier molecular flexibility index (Phi) is 5.37. The van der Waals surface area contributed by atoms with E-state index >= 15 is 0 Å². The number of aromatic nitrogens is 1. The van der Waals surface area contributed by atoms with Crippen LogP contribution in [0.5, 0.6) is 0 Å². The van der Waals surface area contributed by atoms with Crippen LogP contribution < -0.4 is 5.32 Å². The van der Waals surface area contributed by atoms with Gasteiger partial charge in [-0.15, -0.1) is 0 Å². The Bertz CT molecular complexity index is 561. The largest absolute Gasteiger partial charge is 0.450 e. The van der Waals surface area contributed by atoms with E-state index in [1.807, 2.05) is 0 Å². The Labute approximate surface area is 132 Å². The van der Waals surface area contributed by atoms with Crippen LogP contribution in [0.2, 0.25) is 5.15 Å². The van der Waals surface area contributed by atoms with E-state index in [1.54, 1.807) is 11.8 Å². The maximum atomic E-state index is 11.6. The fraction of sp³-hybridized carbons (Fsp3) is 0.538. The number of amides is 1. The summed E-state index contributed by atoms with van der Waals surface area (Å²) in [5.41, 5.74) is -0.218. The summed E-state index contributed by atoms with van der Waals surface area (Å²) in [6.07, 6.45) is 1.20. The molecular formula is C13H17ClN4O4. The zero-order chi connectivity index (χ0) is 16.1. The van der Waals surface area contributed by atoms with Crippen molar-refractivity contribution in [1.82, 2.24) is 9.88 Å². The maximum Gasteiger partial charge on any atom is 0.409 e. The highest BCUT2D eigenvalue weighted by atomic mass is 35.5. The second-order valence-corrected chi connectivity index (χ2v) is 5.23. The summed E-state index contributed by atoms with van der Waals surface area (Å²) in [7, 11) is 0. The predicted octanol–water partition coefficient (Wildman–Crippen LogP) is 2.68. The number of pyridine rings is 1. The number of nitrogens with zero attached hydrogens (tertiary/aromatic N) is 3. The van der Waals surface area contributed by atoms with Crippen LogP contribution in [0.25, 0.3) is 0 Å². The number of rotatable bonds is 4. The molecule has 2 rings (SSSR count). The third kappa shape index (κ3) is 3.97. The number of carbonyl (C=O) groups excluding carboxylic acids is 1. The minimum Gasteiger partial charge on any atom is -0.450 e. The van der Waals surface area contributed by atoms with Gasteiger partial charge in [0.1, 0.15) is 5.82 Å². The summed E-state index contributed by atoms with van der Waals surface area (Å²) in [5, 5.41) is 13.7. The zero-order valence-electron chi connectivity index (χ0n) is 12.1. The van der Waals surface area contributed by atoms with Gasteiger partial charge in [-0.3, -0.25) is 10.1 Å². The number of nitro groups is 1. The number of likely N-dealkylation sites (tertiary alicyclic amines) is 1. The quantitative estimate of drug-likeness (QED) is 0.518. The van der Waals surface area contributed by atoms with E-state index in [4.69, 9.17) is 16.3 Å². The lowest BCUT2D eigenvalue weighted by molar-refractivity contribution is -0.385. The topological polar surface area (TPSA) is 97.6 Å². The van der Waals surface area contributed by atoms with Gasteiger partial charge in [-0.05, 0) is 25.8 Å². The fourth-order valence-electron chi connectivity index (χ4n) is 2.27. The highest BCUT2D eigenvalue weighted by Crippen LogP contribution is 2.24. The lowest BCUT2D eigenvalue weighted by Gasteiger charge is -2.31. The molecule has 120 valence electrons. The number of carbonyl (C=O) groups is 1. The Morgan fingerprint density at radius 3 is 2.77 bits per heavy atom. The molecule has 0 aliphatic carbocycles. The normalized spacial score (nSPS) is 15.5. The first kappa shape index (κ1) is 16.3. The summed E-state index contributed by atoms with van der Waals surface area (Å²) >= 11 is 5.78. The predicted molar refractivity (Wildman–Crippen MR) is 81.1 cm³/mol. The van der Waals surface area contributed by atoms with Crippen LogP contribution in [0.3, 0.4) is 0 Å². The number of halogens is 1. The molecule has 22 heavy (non-hydrogen) atoms. The smallest absolute Gasteiger partial charge is 0.409 e. The molecule has 1 aromatic rings. The highest BCUT2D eigenvalue weighted by molar-refractivity contribution is 6.31. The summed E-state index contributed by atoms with van der Waals surface area (Å²) in [4.78, 5) is 27.4. The molecule has 1 aliphatic heterocycles. The third-order valence-corrected chi connectivity index (χ3v) is 3.68. The molecule has 0 radical (unpaired) electrons. The first-order chi connectivity index (χ1) is 10.5. The zero-order valence-corrected chi connectivity index (χ0v) is 12.9. The van der Waals surface area contributed by atoms with Gasteiger partial charge in [0.05, 0.1) is 11.5 Å². The summed E-state index contributed by atoms with van der Waals surface area (Å²) in [5.74, 6) is 0.491. The first-order valence-electron chi connectivity index (χ1n) is 7.00. The summed E-state index contributed by atoms with van der Waals surface area (Å²) < 4.78 is 4.96. The van der Waals surface area contributed by atoms with Crippen LogP contribution in [-0.4, -0.2) is 46.6 Å². The molecule has 0 atom stereocenters. The molecule has 0 unspecified atom stereocenters. The number of nitrogens with one attached hydrogen (secondary N) is 1. The SMILES string of the molecule is CCOC(=O)N1CCC(Nc2ccc([N+](=O)[O-])c(Cl)n2)CC1. The average molecular weight is 329 g/mol. The van der Waals surface area contributed by atoms with E-state index in [1.165, 1.54) is 12.1 Å². The highest BCUT2D eigenvalue weighted by Gasteiger charge is 2.24. The molecule has 0 spiro atoms. The molecule has 8 nitrogen and oxygen atoms in total. The number of hydrogen-bond donors (Lipinski definition) is 1. The van der Waals surface area contributed by atoms with Crippen LogP contribution in [0, 0.1) is 10.1 Å². The number of ether oxygens (including phenoxy) is 1. The van der Waals surface area contributed by atoms with Crippen molar-refractivity contribution in [3.8, 4) is 0 Å². The second kappa shape index (κ2) is 7.26. The molecule has 2 heterocycles. The van der Waals surface area contributed by atoms with Gasteiger partial charge in [0.25, 0.3) is 0 Å². The Hall–Kier alpha value is -2.09. The van der Waals surface area contributed by atoms with Gasteiger partial charge in [0, 0.05) is 25.2 Å². The maximum absolute atomic E-state index is 11.6. The lowest BCUT2D eigenvalue weighted by Crippen LogP contribution is -2.42. The van der Waals surface area contributed by atoms with Crippen LogP contribution in [0.1, 0.15) is 19.8 Å². The number of hydrogen-bond acceptors (Lipinski definition) is 6. The van der Waals surface area contributed by atoms with E-state index in [0.717, 1.165) is 12.8 Å². The Morgan fingerprint density at radius 2 is 2.23 bits per heavy atom. The minimum absolute atomic E-state index is 0.135. The summed E-state index contributed by atoms with van der Waals surface area (Å²) in [6.45, 7) is 3.33. The van der Waals surface area contributed by atoms with Crippen molar-refractivity contribution in [1.29, 1.82) is 0 Å². The molecule has 1 fully saturated rings. The van der Waals surface area contributed by atoms with E-state index in [2.05, 4.69) is 10.3 Å². The Morgan fingerprint density at radius 1 is 1.55 bits per heavy atom. The molecule has 1 amide bonds. The van der Waals surface area contributed by atoms with Crippen LogP contribution in [0.4, 0.5) is 16.3 Å². The molecule has 1 aliphatic rings. The van der Waals surface area contributed by atoms with Gasteiger partial charge in [-0.2, -0.15) is 0 Å². The van der Waals surface area contributed by atoms with Gasteiger partial charge < -0.3 is 15.0 Å². The van der Waals surface area contributed by atoms with Crippen LogP contribution in [0.15, 0.2) is 12.1 Å². The van der Waals surface area contributed by atoms with E-state index in [9.17, 15) is 14.9 Å². The van der Waals surface area contributed by atoms with Gasteiger partial charge in [0.15, 0.2) is 0 Å².